The Kier molecular flexibility index (Phi) is 5.72. The van der Waals surface area contributed by atoms with Crippen molar-refractivity contribution in [2.75, 3.05) is 0 Å². The first-order valence-electron chi connectivity index (χ1n) is 2.74. The van der Waals surface area contributed by atoms with Crippen LogP contribution in [0.4, 0.5) is 0 Å². The first-order chi connectivity index (χ1) is 4.74. The average molecular weight is 261 g/mol. The minimum Gasteiger partial charge on any atom is -0.122 e. The van der Waals surface area contributed by atoms with Gasteiger partial charge in [0.05, 0.1) is 10.0 Å². The van der Waals surface area contributed by atoms with Gasteiger partial charge in [0.15, 0.2) is 0 Å². The van der Waals surface area contributed by atoms with E-state index in [9.17, 15) is 0 Å². The SMILES string of the molecule is ClCc1ccc(Cl)c(Cl)c1.[Zn]. The van der Waals surface area contributed by atoms with E-state index in [1.165, 1.54) is 0 Å². The fourth-order valence-electron chi connectivity index (χ4n) is 0.623. The summed E-state index contributed by atoms with van der Waals surface area (Å²) in [4.78, 5) is 0. The number of alkyl halides is 1. The second-order valence-corrected chi connectivity index (χ2v) is 2.96. The van der Waals surface area contributed by atoms with Crippen molar-refractivity contribution < 1.29 is 19.5 Å². The standard InChI is InChI=1S/C7H5Cl3.Zn/c8-4-5-1-2-6(9)7(10)3-5;/h1-3H,4H2;. The van der Waals surface area contributed by atoms with Gasteiger partial charge in [-0.15, -0.1) is 11.6 Å². The van der Waals surface area contributed by atoms with Gasteiger partial charge in [0.2, 0.25) is 0 Å². The summed E-state index contributed by atoms with van der Waals surface area (Å²) in [6.07, 6.45) is 0. The van der Waals surface area contributed by atoms with Gasteiger partial charge >= 0.3 is 0 Å². The molecule has 0 heterocycles. The van der Waals surface area contributed by atoms with Gasteiger partial charge < -0.3 is 0 Å². The van der Waals surface area contributed by atoms with Crippen molar-refractivity contribution >= 4 is 34.8 Å². The zero-order valence-corrected chi connectivity index (χ0v) is 11.0. The van der Waals surface area contributed by atoms with Gasteiger partial charge in [-0.1, -0.05) is 29.3 Å². The Hall–Kier alpha value is 0.713. The normalized spacial score (nSPS) is 9.00. The average Bonchev–Trinajstić information content (AvgIpc) is 1.95. The van der Waals surface area contributed by atoms with Crippen LogP contribution in [-0.4, -0.2) is 0 Å². The molecule has 0 bridgehead atoms. The van der Waals surface area contributed by atoms with Crippen LogP contribution in [0.25, 0.3) is 0 Å². The number of rotatable bonds is 1. The van der Waals surface area contributed by atoms with Gasteiger partial charge in [0.1, 0.15) is 0 Å². The van der Waals surface area contributed by atoms with E-state index >= 15 is 0 Å². The second-order valence-electron chi connectivity index (χ2n) is 1.88. The van der Waals surface area contributed by atoms with Crippen molar-refractivity contribution in [3.8, 4) is 0 Å². The van der Waals surface area contributed by atoms with Crippen LogP contribution in [0.2, 0.25) is 10.0 Å². The summed E-state index contributed by atoms with van der Waals surface area (Å²) >= 11 is 16.9. The van der Waals surface area contributed by atoms with Gasteiger partial charge in [0, 0.05) is 25.4 Å². The summed E-state index contributed by atoms with van der Waals surface area (Å²) < 4.78 is 0. The molecule has 0 aliphatic carbocycles. The zero-order chi connectivity index (χ0) is 7.56. The minimum absolute atomic E-state index is 0. The molecule has 0 saturated carbocycles. The maximum atomic E-state index is 5.70. The number of halogens is 3. The van der Waals surface area contributed by atoms with E-state index in [1.54, 1.807) is 12.1 Å². The number of hydrogen-bond acceptors (Lipinski definition) is 0. The topological polar surface area (TPSA) is 0 Å². The molecule has 0 aliphatic heterocycles. The van der Waals surface area contributed by atoms with Gasteiger partial charge in [-0.05, 0) is 17.7 Å². The Morgan fingerprint density at radius 2 is 1.73 bits per heavy atom. The first kappa shape index (κ1) is 11.7. The Balaban J connectivity index is 0.000001000. The summed E-state index contributed by atoms with van der Waals surface area (Å²) in [7, 11) is 0. The molecule has 0 aromatic heterocycles. The molecular weight excluding hydrogens is 256 g/mol. The zero-order valence-electron chi connectivity index (χ0n) is 5.78. The molecule has 4 heteroatoms. The smallest absolute Gasteiger partial charge is 0.0595 e. The van der Waals surface area contributed by atoms with Crippen molar-refractivity contribution in [3.05, 3.63) is 33.8 Å². The van der Waals surface area contributed by atoms with Crippen LogP contribution >= 0.6 is 34.8 Å². The molecule has 0 aliphatic rings. The van der Waals surface area contributed by atoms with Gasteiger partial charge in [-0.3, -0.25) is 0 Å². The van der Waals surface area contributed by atoms with Crippen molar-refractivity contribution in [1.82, 2.24) is 0 Å². The van der Waals surface area contributed by atoms with Gasteiger partial charge in [-0.2, -0.15) is 0 Å². The molecule has 1 aromatic carbocycles. The molecule has 0 fully saturated rings. The molecule has 0 spiro atoms. The van der Waals surface area contributed by atoms with Crippen LogP contribution in [0, 0.1) is 0 Å². The van der Waals surface area contributed by atoms with E-state index in [4.69, 9.17) is 34.8 Å². The maximum Gasteiger partial charge on any atom is 0.0595 e. The molecule has 1 aromatic rings. The molecule has 11 heavy (non-hydrogen) atoms. The second kappa shape index (κ2) is 5.37. The molecular formula is C7H5Cl3Zn. The predicted octanol–water partition coefficient (Wildman–Crippen LogP) is 3.73. The van der Waals surface area contributed by atoms with E-state index in [1.807, 2.05) is 6.07 Å². The molecule has 0 nitrogen and oxygen atoms in total. The van der Waals surface area contributed by atoms with E-state index in [-0.39, 0.29) is 19.5 Å². The third kappa shape index (κ3) is 3.29. The molecule has 1 rings (SSSR count). The van der Waals surface area contributed by atoms with E-state index in [0.717, 1.165) is 5.56 Å². The van der Waals surface area contributed by atoms with Crippen LogP contribution < -0.4 is 0 Å². The van der Waals surface area contributed by atoms with E-state index in [0.29, 0.717) is 15.9 Å². The number of benzene rings is 1. The molecule has 0 saturated heterocycles. The van der Waals surface area contributed by atoms with Gasteiger partial charge in [0.25, 0.3) is 0 Å². The summed E-state index contributed by atoms with van der Waals surface area (Å²) in [5.41, 5.74) is 0.982. The Labute approximate surface area is 93.6 Å². The predicted molar refractivity (Wildman–Crippen MR) is 46.0 cm³/mol. The fourth-order valence-corrected chi connectivity index (χ4v) is 1.11. The Morgan fingerprint density at radius 1 is 1.09 bits per heavy atom. The summed E-state index contributed by atoms with van der Waals surface area (Å²) in [6, 6.07) is 5.35. The molecule has 0 unspecified atom stereocenters. The van der Waals surface area contributed by atoms with Crippen molar-refractivity contribution in [2.24, 2.45) is 0 Å². The van der Waals surface area contributed by atoms with E-state index < -0.39 is 0 Å². The fraction of sp³-hybridized carbons (Fsp3) is 0.143. The monoisotopic (exact) mass is 258 g/mol. The molecule has 0 N–H and O–H groups in total. The van der Waals surface area contributed by atoms with Crippen LogP contribution in [0.3, 0.4) is 0 Å². The maximum absolute atomic E-state index is 5.70. The molecule has 0 atom stereocenters. The quantitative estimate of drug-likeness (QED) is 0.533. The summed E-state index contributed by atoms with van der Waals surface area (Å²) in [5, 5.41) is 1.12. The van der Waals surface area contributed by atoms with Crippen molar-refractivity contribution in [3.63, 3.8) is 0 Å². The summed E-state index contributed by atoms with van der Waals surface area (Å²) in [6.45, 7) is 0. The molecule has 0 amide bonds. The van der Waals surface area contributed by atoms with Gasteiger partial charge in [-0.25, -0.2) is 0 Å². The Bertz CT molecular complexity index is 237. The molecule has 56 valence electrons. The van der Waals surface area contributed by atoms with E-state index in [2.05, 4.69) is 0 Å². The van der Waals surface area contributed by atoms with Crippen molar-refractivity contribution in [2.45, 2.75) is 5.88 Å². The van der Waals surface area contributed by atoms with Crippen molar-refractivity contribution in [1.29, 1.82) is 0 Å². The van der Waals surface area contributed by atoms with Crippen LogP contribution in [0.15, 0.2) is 18.2 Å². The first-order valence-corrected chi connectivity index (χ1v) is 4.03. The number of hydrogen-bond donors (Lipinski definition) is 0. The molecule has 0 radical (unpaired) electrons. The largest absolute Gasteiger partial charge is 0.122 e. The summed E-state index contributed by atoms with van der Waals surface area (Å²) in [5.74, 6) is 0.469. The minimum atomic E-state index is 0. The van der Waals surface area contributed by atoms with Crippen LogP contribution in [-0.2, 0) is 25.4 Å². The van der Waals surface area contributed by atoms with Crippen LogP contribution in [0.1, 0.15) is 5.56 Å². The third-order valence-corrected chi connectivity index (χ3v) is 2.19. The van der Waals surface area contributed by atoms with Crippen LogP contribution in [0.5, 0.6) is 0 Å². The Morgan fingerprint density at radius 3 is 2.18 bits per heavy atom. The third-order valence-electron chi connectivity index (χ3n) is 1.14.